The number of carboxylic acids is 1. The highest BCUT2D eigenvalue weighted by molar-refractivity contribution is 7.80. The van der Waals surface area contributed by atoms with Crippen molar-refractivity contribution in [2.75, 3.05) is 12.3 Å². The summed E-state index contributed by atoms with van der Waals surface area (Å²) >= 11 is 3.93. The maximum Gasteiger partial charge on any atom is 0.326 e. The number of rotatable bonds is 12. The lowest BCUT2D eigenvalue weighted by Gasteiger charge is -2.21. The molecular formula is C22H27N7O5S. The molecule has 12 nitrogen and oxygen atoms in total. The lowest BCUT2D eigenvalue weighted by molar-refractivity contribution is -0.142. The number of para-hydroxylation sites is 1. The van der Waals surface area contributed by atoms with Gasteiger partial charge >= 0.3 is 5.97 Å². The second-order valence-corrected chi connectivity index (χ2v) is 8.24. The third-order valence-corrected chi connectivity index (χ3v) is 5.69. The number of nitrogens with two attached hydrogens (primary N) is 1. The Kier molecular flexibility index (Phi) is 8.86. The van der Waals surface area contributed by atoms with Gasteiger partial charge in [0.25, 0.3) is 0 Å². The van der Waals surface area contributed by atoms with Gasteiger partial charge in [0.15, 0.2) is 0 Å². The molecule has 3 amide bonds. The SMILES string of the molecule is NC(CS)C(=O)NCC(=O)NC(Cc1cnc[nH]1)C(=O)NC(Cc1c[nH]c2ccccc12)C(=O)O. The lowest BCUT2D eigenvalue weighted by atomic mass is 10.0. The van der Waals surface area contributed by atoms with Crippen LogP contribution in [0.15, 0.2) is 43.0 Å². The number of hydrogen-bond donors (Lipinski definition) is 8. The number of nitrogens with zero attached hydrogens (tertiary/aromatic N) is 1. The van der Waals surface area contributed by atoms with Crippen LogP contribution in [0.3, 0.4) is 0 Å². The van der Waals surface area contributed by atoms with E-state index in [9.17, 15) is 24.3 Å². The van der Waals surface area contributed by atoms with Crippen molar-refractivity contribution in [2.24, 2.45) is 5.73 Å². The third kappa shape index (κ3) is 7.07. The first-order chi connectivity index (χ1) is 16.8. The van der Waals surface area contributed by atoms with E-state index in [1.807, 2.05) is 24.3 Å². The first-order valence-electron chi connectivity index (χ1n) is 10.8. The van der Waals surface area contributed by atoms with Crippen molar-refractivity contribution in [1.82, 2.24) is 30.9 Å². The van der Waals surface area contributed by atoms with Crippen LogP contribution < -0.4 is 21.7 Å². The monoisotopic (exact) mass is 501 g/mol. The van der Waals surface area contributed by atoms with Crippen LogP contribution in [-0.2, 0) is 32.0 Å². The van der Waals surface area contributed by atoms with Crippen molar-refractivity contribution >= 4 is 47.2 Å². The van der Waals surface area contributed by atoms with Gasteiger partial charge in [-0.3, -0.25) is 14.4 Å². The van der Waals surface area contributed by atoms with E-state index in [0.29, 0.717) is 5.69 Å². The van der Waals surface area contributed by atoms with Gasteiger partial charge in [0.05, 0.1) is 18.9 Å². The van der Waals surface area contributed by atoms with E-state index in [1.165, 1.54) is 12.5 Å². The minimum atomic E-state index is -1.24. The average Bonchev–Trinajstić information content (AvgIpc) is 3.51. The molecule has 3 atom stereocenters. The zero-order valence-electron chi connectivity index (χ0n) is 18.7. The largest absolute Gasteiger partial charge is 0.480 e. The van der Waals surface area contributed by atoms with E-state index in [4.69, 9.17) is 5.73 Å². The van der Waals surface area contributed by atoms with Crippen LogP contribution in [0.4, 0.5) is 0 Å². The number of carbonyl (C=O) groups excluding carboxylic acids is 3. The quantitative estimate of drug-likeness (QED) is 0.147. The fraction of sp³-hybridized carbons (Fsp3) is 0.318. The molecule has 0 spiro atoms. The van der Waals surface area contributed by atoms with Gasteiger partial charge in [0.2, 0.25) is 17.7 Å². The molecule has 8 N–H and O–H groups in total. The molecule has 0 aliphatic rings. The molecule has 3 unspecified atom stereocenters. The molecular weight excluding hydrogens is 474 g/mol. The number of hydrogen-bond acceptors (Lipinski definition) is 7. The fourth-order valence-electron chi connectivity index (χ4n) is 3.45. The number of aliphatic carboxylic acids is 1. The first kappa shape index (κ1) is 25.8. The Morgan fingerprint density at radius 1 is 1.06 bits per heavy atom. The van der Waals surface area contributed by atoms with Crippen LogP contribution in [0, 0.1) is 0 Å². The van der Waals surface area contributed by atoms with Crippen molar-refractivity contribution in [2.45, 2.75) is 31.0 Å². The van der Waals surface area contributed by atoms with Crippen molar-refractivity contribution in [3.8, 4) is 0 Å². The molecule has 2 aromatic heterocycles. The lowest BCUT2D eigenvalue weighted by Crippen LogP contribution is -2.55. The van der Waals surface area contributed by atoms with E-state index in [-0.39, 0.29) is 18.6 Å². The van der Waals surface area contributed by atoms with Crippen molar-refractivity contribution in [1.29, 1.82) is 0 Å². The molecule has 0 saturated carbocycles. The van der Waals surface area contributed by atoms with Crippen LogP contribution >= 0.6 is 12.6 Å². The van der Waals surface area contributed by atoms with Gasteiger partial charge in [-0.25, -0.2) is 9.78 Å². The maximum absolute atomic E-state index is 13.1. The number of aromatic amines is 2. The molecule has 3 aromatic rings. The Labute approximate surface area is 205 Å². The number of aromatic nitrogens is 3. The first-order valence-corrected chi connectivity index (χ1v) is 11.4. The molecule has 0 fully saturated rings. The summed E-state index contributed by atoms with van der Waals surface area (Å²) in [5.41, 5.74) is 7.69. The number of carboxylic acid groups (broad SMARTS) is 1. The Bertz CT molecular complexity index is 1180. The summed E-state index contributed by atoms with van der Waals surface area (Å²) in [5, 5.41) is 18.0. The molecule has 3 rings (SSSR count). The number of H-pyrrole nitrogens is 2. The number of fused-ring (bicyclic) bond motifs is 1. The smallest absolute Gasteiger partial charge is 0.326 e. The highest BCUT2D eigenvalue weighted by Crippen LogP contribution is 2.19. The number of benzene rings is 1. The molecule has 13 heteroatoms. The number of carbonyl (C=O) groups is 4. The van der Waals surface area contributed by atoms with E-state index in [2.05, 4.69) is 43.5 Å². The summed E-state index contributed by atoms with van der Waals surface area (Å²) in [6.45, 7) is -0.412. The third-order valence-electron chi connectivity index (χ3n) is 5.30. The molecule has 0 radical (unpaired) electrons. The van der Waals surface area contributed by atoms with E-state index >= 15 is 0 Å². The topological polar surface area (TPSA) is 195 Å². The number of nitrogens with one attached hydrogen (secondary N) is 5. The van der Waals surface area contributed by atoms with Crippen molar-refractivity contribution in [3.05, 3.63) is 54.2 Å². The minimum Gasteiger partial charge on any atom is -0.480 e. The van der Waals surface area contributed by atoms with Crippen LogP contribution in [0.5, 0.6) is 0 Å². The Balaban J connectivity index is 1.69. The van der Waals surface area contributed by atoms with Gasteiger partial charge in [-0.2, -0.15) is 12.6 Å². The zero-order valence-corrected chi connectivity index (χ0v) is 19.5. The Hall–Kier alpha value is -3.84. The van der Waals surface area contributed by atoms with Crippen LogP contribution in [0.2, 0.25) is 0 Å². The van der Waals surface area contributed by atoms with Crippen molar-refractivity contribution < 1.29 is 24.3 Å². The molecule has 186 valence electrons. The summed E-state index contributed by atoms with van der Waals surface area (Å²) in [7, 11) is 0. The van der Waals surface area contributed by atoms with Gasteiger partial charge in [-0.15, -0.1) is 0 Å². The average molecular weight is 502 g/mol. The molecule has 0 aliphatic heterocycles. The molecule has 1 aromatic carbocycles. The van der Waals surface area contributed by atoms with E-state index in [0.717, 1.165) is 16.5 Å². The number of imidazole rings is 1. The van der Waals surface area contributed by atoms with Gasteiger partial charge in [0.1, 0.15) is 12.1 Å². The highest BCUT2D eigenvalue weighted by atomic mass is 32.1. The fourth-order valence-corrected chi connectivity index (χ4v) is 3.61. The zero-order chi connectivity index (χ0) is 25.4. The summed E-state index contributed by atoms with van der Waals surface area (Å²) in [4.78, 5) is 59.0. The maximum atomic E-state index is 13.1. The summed E-state index contributed by atoms with van der Waals surface area (Å²) < 4.78 is 0. The van der Waals surface area contributed by atoms with Crippen LogP contribution in [0.1, 0.15) is 11.3 Å². The standard InChI is InChI=1S/C22H27N7O5S/c23-15(10-35)20(31)26-9-19(30)28-17(6-13-8-24-11-27-13)21(32)29-18(22(33)34)5-12-7-25-16-4-2-1-3-14(12)16/h1-4,7-8,11,15,17-18,25,35H,5-6,9-10,23H2,(H,24,27)(H,26,31)(H,28,30)(H,29,32)(H,33,34). The summed E-state index contributed by atoms with van der Waals surface area (Å²) in [5.74, 6) is -3.02. The minimum absolute atomic E-state index is 0.0289. The number of thiol groups is 1. The van der Waals surface area contributed by atoms with Crippen molar-refractivity contribution in [3.63, 3.8) is 0 Å². The molecule has 2 heterocycles. The molecule has 0 aliphatic carbocycles. The predicted molar refractivity (Wildman–Crippen MR) is 131 cm³/mol. The summed E-state index contributed by atoms with van der Waals surface area (Å²) in [6, 6.07) is 4.18. The van der Waals surface area contributed by atoms with E-state index in [1.54, 1.807) is 6.20 Å². The van der Waals surface area contributed by atoms with Crippen LogP contribution in [0.25, 0.3) is 10.9 Å². The second-order valence-electron chi connectivity index (χ2n) is 7.87. The van der Waals surface area contributed by atoms with Crippen LogP contribution in [-0.4, -0.2) is 74.2 Å². The van der Waals surface area contributed by atoms with Gasteiger partial charge < -0.3 is 36.8 Å². The summed E-state index contributed by atoms with van der Waals surface area (Å²) in [6.07, 6.45) is 4.67. The van der Waals surface area contributed by atoms with E-state index < -0.39 is 48.4 Å². The highest BCUT2D eigenvalue weighted by Gasteiger charge is 2.28. The molecule has 0 bridgehead atoms. The molecule has 0 saturated heterocycles. The second kappa shape index (κ2) is 12.0. The van der Waals surface area contributed by atoms with Gasteiger partial charge in [0, 0.05) is 47.6 Å². The normalized spacial score (nSPS) is 13.5. The Morgan fingerprint density at radius 2 is 1.83 bits per heavy atom. The van der Waals surface area contributed by atoms with Gasteiger partial charge in [-0.1, -0.05) is 18.2 Å². The molecule has 35 heavy (non-hydrogen) atoms. The Morgan fingerprint density at radius 3 is 2.51 bits per heavy atom. The predicted octanol–water partition coefficient (Wildman–Crippen LogP) is -0.896. The number of amides is 3. The van der Waals surface area contributed by atoms with Gasteiger partial charge in [-0.05, 0) is 11.6 Å².